The molecule has 1 atom stereocenters. The molecule has 2 amide bonds. The van der Waals surface area contributed by atoms with Crippen LogP contribution in [-0.2, 0) is 9.59 Å². The zero-order chi connectivity index (χ0) is 14.9. The van der Waals surface area contributed by atoms with Gasteiger partial charge in [-0.2, -0.15) is 0 Å². The number of hydrogen-bond acceptors (Lipinski definition) is 2. The minimum Gasteiger partial charge on any atom is -0.343 e. The number of nitrogens with one attached hydrogen (secondary N) is 1. The molecule has 1 heterocycles. The van der Waals surface area contributed by atoms with Gasteiger partial charge in [0.2, 0.25) is 11.8 Å². The molecule has 1 aliphatic rings. The summed E-state index contributed by atoms with van der Waals surface area (Å²) in [6.45, 7) is 5.54. The molecule has 1 N–H and O–H groups in total. The third kappa shape index (κ3) is 2.81. The van der Waals surface area contributed by atoms with Crippen molar-refractivity contribution in [1.82, 2.24) is 5.32 Å². The summed E-state index contributed by atoms with van der Waals surface area (Å²) in [5.74, 6) is -0.467. The number of nitrogens with zero attached hydrogens (tertiary/aromatic N) is 1. The minimum atomic E-state index is -0.529. The number of benzene rings is 1. The van der Waals surface area contributed by atoms with Crippen LogP contribution in [0.3, 0.4) is 0 Å². The number of amides is 2. The van der Waals surface area contributed by atoms with E-state index < -0.39 is 6.04 Å². The van der Waals surface area contributed by atoms with E-state index in [-0.39, 0.29) is 30.1 Å². The molecule has 108 valence electrons. The summed E-state index contributed by atoms with van der Waals surface area (Å²) >= 11 is 0. The van der Waals surface area contributed by atoms with Gasteiger partial charge in [0, 0.05) is 5.56 Å². The Hall–Kier alpha value is -1.91. The molecular formula is C15H19FN2O2. The summed E-state index contributed by atoms with van der Waals surface area (Å²) in [6, 6.07) is 4.04. The molecule has 4 nitrogen and oxygen atoms in total. The van der Waals surface area contributed by atoms with E-state index in [1.165, 1.54) is 11.0 Å². The van der Waals surface area contributed by atoms with Gasteiger partial charge in [-0.1, -0.05) is 19.9 Å². The topological polar surface area (TPSA) is 49.4 Å². The van der Waals surface area contributed by atoms with Crippen molar-refractivity contribution in [3.63, 3.8) is 0 Å². The Kier molecular flexibility index (Phi) is 4.06. The van der Waals surface area contributed by atoms with Crippen LogP contribution in [0.2, 0.25) is 0 Å². The zero-order valence-corrected chi connectivity index (χ0v) is 11.9. The van der Waals surface area contributed by atoms with Gasteiger partial charge in [-0.25, -0.2) is 4.39 Å². The van der Waals surface area contributed by atoms with Gasteiger partial charge >= 0.3 is 0 Å². The van der Waals surface area contributed by atoms with Crippen molar-refractivity contribution in [3.8, 4) is 0 Å². The third-order valence-corrected chi connectivity index (χ3v) is 3.44. The fraction of sp³-hybridized carbons (Fsp3) is 0.467. The van der Waals surface area contributed by atoms with Gasteiger partial charge in [-0.15, -0.1) is 0 Å². The van der Waals surface area contributed by atoms with Gasteiger partial charge in [0.25, 0.3) is 0 Å². The number of anilines is 1. The number of rotatable bonds is 3. The van der Waals surface area contributed by atoms with Gasteiger partial charge < -0.3 is 10.2 Å². The maximum Gasteiger partial charge on any atom is 0.250 e. The second-order valence-electron chi connectivity index (χ2n) is 5.56. The second kappa shape index (κ2) is 5.61. The Balaban J connectivity index is 2.32. The average Bonchev–Trinajstić information content (AvgIpc) is 2.36. The Morgan fingerprint density at radius 3 is 2.75 bits per heavy atom. The standard InChI is InChI=1S/C15H19FN2O2/c1-9(2)7-12-15(20)18(8-14(19)17-12)13-6-4-5-11(16)10(13)3/h4-6,9,12H,7-8H2,1-3H3,(H,17,19). The van der Waals surface area contributed by atoms with Gasteiger partial charge in [0.15, 0.2) is 0 Å². The number of hydrogen-bond donors (Lipinski definition) is 1. The first-order chi connectivity index (χ1) is 9.40. The van der Waals surface area contributed by atoms with E-state index in [2.05, 4.69) is 5.32 Å². The zero-order valence-electron chi connectivity index (χ0n) is 11.9. The second-order valence-corrected chi connectivity index (χ2v) is 5.56. The molecule has 1 aromatic rings. The first-order valence-electron chi connectivity index (χ1n) is 6.76. The maximum absolute atomic E-state index is 13.6. The van der Waals surface area contributed by atoms with Crippen LogP contribution in [0.25, 0.3) is 0 Å². The highest BCUT2D eigenvalue weighted by molar-refractivity contribution is 6.06. The van der Waals surface area contributed by atoms with Gasteiger partial charge in [-0.05, 0) is 31.4 Å². The van der Waals surface area contributed by atoms with E-state index in [1.54, 1.807) is 19.1 Å². The van der Waals surface area contributed by atoms with Crippen LogP contribution in [0.4, 0.5) is 10.1 Å². The van der Waals surface area contributed by atoms with E-state index in [1.807, 2.05) is 13.8 Å². The Labute approximate surface area is 118 Å². The van der Waals surface area contributed by atoms with Crippen LogP contribution in [0.15, 0.2) is 18.2 Å². The van der Waals surface area contributed by atoms with Crippen molar-refractivity contribution in [2.45, 2.75) is 33.2 Å². The lowest BCUT2D eigenvalue weighted by Gasteiger charge is -2.34. The molecule has 0 aliphatic carbocycles. The first-order valence-corrected chi connectivity index (χ1v) is 6.76. The SMILES string of the molecule is Cc1c(F)cccc1N1CC(=O)NC(CC(C)C)C1=O. The van der Waals surface area contributed by atoms with Crippen molar-refractivity contribution in [2.24, 2.45) is 5.92 Å². The molecule has 0 aromatic heterocycles. The van der Waals surface area contributed by atoms with Crippen LogP contribution < -0.4 is 10.2 Å². The molecule has 1 unspecified atom stereocenters. The highest BCUT2D eigenvalue weighted by Gasteiger charge is 2.34. The molecule has 1 aromatic carbocycles. The van der Waals surface area contributed by atoms with E-state index in [4.69, 9.17) is 0 Å². The fourth-order valence-corrected chi connectivity index (χ4v) is 2.43. The van der Waals surface area contributed by atoms with Crippen molar-refractivity contribution in [1.29, 1.82) is 0 Å². The third-order valence-electron chi connectivity index (χ3n) is 3.44. The molecule has 0 saturated carbocycles. The lowest BCUT2D eigenvalue weighted by Crippen LogP contribution is -2.58. The molecule has 1 saturated heterocycles. The van der Waals surface area contributed by atoms with Crippen LogP contribution >= 0.6 is 0 Å². The van der Waals surface area contributed by atoms with Crippen molar-refractivity contribution in [3.05, 3.63) is 29.6 Å². The summed E-state index contributed by atoms with van der Waals surface area (Å²) < 4.78 is 13.6. The van der Waals surface area contributed by atoms with Crippen LogP contribution in [0, 0.1) is 18.7 Å². The monoisotopic (exact) mass is 278 g/mol. The van der Waals surface area contributed by atoms with Crippen LogP contribution in [0.5, 0.6) is 0 Å². The molecule has 5 heteroatoms. The Bertz CT molecular complexity index is 543. The molecule has 1 fully saturated rings. The molecule has 0 spiro atoms. The van der Waals surface area contributed by atoms with Crippen LogP contribution in [-0.4, -0.2) is 24.4 Å². The number of carbonyl (C=O) groups is 2. The van der Waals surface area contributed by atoms with Crippen molar-refractivity contribution < 1.29 is 14.0 Å². The lowest BCUT2D eigenvalue weighted by atomic mass is 10.00. The predicted octanol–water partition coefficient (Wildman–Crippen LogP) is 2.01. The summed E-state index contributed by atoms with van der Waals surface area (Å²) in [5.41, 5.74) is 0.859. The van der Waals surface area contributed by atoms with E-state index in [9.17, 15) is 14.0 Å². The molecule has 0 radical (unpaired) electrons. The van der Waals surface area contributed by atoms with E-state index in [0.717, 1.165) is 0 Å². The fourth-order valence-electron chi connectivity index (χ4n) is 2.43. The number of carbonyl (C=O) groups excluding carboxylic acids is 2. The van der Waals surface area contributed by atoms with Crippen molar-refractivity contribution >= 4 is 17.5 Å². The van der Waals surface area contributed by atoms with Crippen LogP contribution in [0.1, 0.15) is 25.8 Å². The highest BCUT2D eigenvalue weighted by Crippen LogP contribution is 2.25. The molecular weight excluding hydrogens is 259 g/mol. The summed E-state index contributed by atoms with van der Waals surface area (Å²) in [6.07, 6.45) is 0.579. The Morgan fingerprint density at radius 2 is 2.10 bits per heavy atom. The predicted molar refractivity (Wildman–Crippen MR) is 74.9 cm³/mol. The maximum atomic E-state index is 13.6. The lowest BCUT2D eigenvalue weighted by molar-refractivity contribution is -0.131. The number of piperazine rings is 1. The largest absolute Gasteiger partial charge is 0.343 e. The molecule has 20 heavy (non-hydrogen) atoms. The summed E-state index contributed by atoms with van der Waals surface area (Å²) in [5, 5.41) is 2.71. The summed E-state index contributed by atoms with van der Waals surface area (Å²) in [4.78, 5) is 25.6. The van der Waals surface area contributed by atoms with E-state index in [0.29, 0.717) is 17.7 Å². The first kappa shape index (κ1) is 14.5. The van der Waals surface area contributed by atoms with Gasteiger partial charge in [-0.3, -0.25) is 9.59 Å². The smallest absolute Gasteiger partial charge is 0.250 e. The highest BCUT2D eigenvalue weighted by atomic mass is 19.1. The normalized spacial score (nSPS) is 19.4. The molecule has 0 bridgehead atoms. The molecule has 2 rings (SSSR count). The minimum absolute atomic E-state index is 0.0578. The number of halogens is 1. The average molecular weight is 278 g/mol. The van der Waals surface area contributed by atoms with Gasteiger partial charge in [0.05, 0.1) is 5.69 Å². The molecule has 1 aliphatic heterocycles. The quantitative estimate of drug-likeness (QED) is 0.919. The van der Waals surface area contributed by atoms with Crippen molar-refractivity contribution in [2.75, 3.05) is 11.4 Å². The Morgan fingerprint density at radius 1 is 1.40 bits per heavy atom. The summed E-state index contributed by atoms with van der Waals surface area (Å²) in [7, 11) is 0. The van der Waals surface area contributed by atoms with Gasteiger partial charge in [0.1, 0.15) is 18.4 Å². The van der Waals surface area contributed by atoms with E-state index >= 15 is 0 Å².